The Kier molecular flexibility index (Phi) is 7.02. The van der Waals surface area contributed by atoms with Crippen molar-refractivity contribution >= 4 is 27.8 Å². The molecule has 0 unspecified atom stereocenters. The topological polar surface area (TPSA) is 18.5 Å². The molecule has 0 bridgehead atoms. The minimum absolute atomic E-state index is 0.207. The molecule has 2 aromatic rings. The smallest absolute Gasteiger partial charge is 0.250 e. The Labute approximate surface area is 222 Å². The predicted octanol–water partition coefficient (Wildman–Crippen LogP) is 9.81. The van der Waals surface area contributed by atoms with Gasteiger partial charge in [0.05, 0.1) is 0 Å². The summed E-state index contributed by atoms with van der Waals surface area (Å²) >= 11 is 0. The van der Waals surface area contributed by atoms with E-state index in [2.05, 4.69) is 116 Å². The van der Waals surface area contributed by atoms with E-state index in [4.69, 9.17) is 8.85 Å². The van der Waals surface area contributed by atoms with Gasteiger partial charge >= 0.3 is 0 Å². The van der Waals surface area contributed by atoms with Gasteiger partial charge in [0.25, 0.3) is 0 Å². The van der Waals surface area contributed by atoms with E-state index < -0.39 is 16.6 Å². The molecule has 0 spiro atoms. The summed E-state index contributed by atoms with van der Waals surface area (Å²) in [4.78, 5) is 0. The Balaban J connectivity index is 1.40. The van der Waals surface area contributed by atoms with E-state index in [0.717, 1.165) is 37.2 Å². The van der Waals surface area contributed by atoms with E-state index in [-0.39, 0.29) is 10.1 Å². The van der Waals surface area contributed by atoms with Gasteiger partial charge in [-0.2, -0.15) is 0 Å². The van der Waals surface area contributed by atoms with E-state index >= 15 is 0 Å². The summed E-state index contributed by atoms with van der Waals surface area (Å²) < 4.78 is 13.1. The Hall–Kier alpha value is -2.05. The third-order valence-electron chi connectivity index (χ3n) is 9.00. The van der Waals surface area contributed by atoms with E-state index in [9.17, 15) is 0 Å². The highest BCUT2D eigenvalue weighted by Crippen LogP contribution is 2.42. The predicted molar refractivity (Wildman–Crippen MR) is 161 cm³/mol. The first-order chi connectivity index (χ1) is 16.6. The van der Waals surface area contributed by atoms with Crippen LogP contribution < -0.4 is 8.85 Å². The fraction of sp³-hybridized carbons (Fsp3) is 0.500. The SMILES string of the molecule is CC(C)(C)[Si](C)(C)Oc1ccc2c(c1)CC=C2CCC1=CCc2cc(O[Si](C)(C)C(C)(C)C)ccc21. The maximum Gasteiger partial charge on any atom is 0.250 e. The molecule has 194 valence electrons. The molecule has 4 rings (SSSR count). The highest BCUT2D eigenvalue weighted by atomic mass is 28.4. The molecule has 2 aromatic carbocycles. The van der Waals surface area contributed by atoms with Crippen LogP contribution in [-0.4, -0.2) is 16.6 Å². The average molecular weight is 519 g/mol. The summed E-state index contributed by atoms with van der Waals surface area (Å²) in [5.41, 5.74) is 8.61. The number of hydrogen-bond acceptors (Lipinski definition) is 2. The molecule has 4 heteroatoms. The molecule has 0 aliphatic heterocycles. The Morgan fingerprint density at radius 1 is 0.611 bits per heavy atom. The molecule has 0 N–H and O–H groups in total. The monoisotopic (exact) mass is 518 g/mol. The quantitative estimate of drug-likeness (QED) is 0.340. The second-order valence-corrected chi connectivity index (χ2v) is 23.2. The van der Waals surface area contributed by atoms with Crippen LogP contribution in [0, 0.1) is 0 Å². The van der Waals surface area contributed by atoms with E-state index in [1.807, 2.05) is 0 Å². The van der Waals surface area contributed by atoms with Crippen molar-refractivity contribution in [2.75, 3.05) is 0 Å². The number of fused-ring (bicyclic) bond motifs is 2. The van der Waals surface area contributed by atoms with Crippen molar-refractivity contribution in [1.29, 1.82) is 0 Å². The maximum absolute atomic E-state index is 6.56. The zero-order chi connectivity index (χ0) is 26.5. The lowest BCUT2D eigenvalue weighted by molar-refractivity contribution is 0.491. The van der Waals surface area contributed by atoms with E-state index in [0.29, 0.717) is 0 Å². The second-order valence-electron chi connectivity index (χ2n) is 13.7. The second kappa shape index (κ2) is 9.36. The molecular weight excluding hydrogens is 473 g/mol. The van der Waals surface area contributed by atoms with Crippen LogP contribution in [0.25, 0.3) is 11.1 Å². The standard InChI is InChI=1S/C32H46O2Si2/c1-31(2,3)35(7,8)33-27-17-19-29-23(13-15-25(29)21-27)11-12-24-14-16-26-22-28(18-20-30(24)26)34-36(9,10)32(4,5)6/h13-14,17-22H,11-12,15-16H2,1-10H3. The minimum atomic E-state index is -1.82. The van der Waals surface area contributed by atoms with Gasteiger partial charge in [0.1, 0.15) is 11.5 Å². The molecule has 0 saturated carbocycles. The van der Waals surface area contributed by atoms with Crippen molar-refractivity contribution in [1.82, 2.24) is 0 Å². The normalized spacial score (nSPS) is 15.8. The lowest BCUT2D eigenvalue weighted by atomic mass is 9.96. The third kappa shape index (κ3) is 5.45. The molecule has 0 radical (unpaired) electrons. The van der Waals surface area contributed by atoms with Crippen LogP contribution in [0.2, 0.25) is 36.3 Å². The van der Waals surface area contributed by atoms with Crippen LogP contribution in [0.15, 0.2) is 48.6 Å². The van der Waals surface area contributed by atoms with Crippen molar-refractivity contribution in [2.45, 2.75) is 103 Å². The lowest BCUT2D eigenvalue weighted by Gasteiger charge is -2.36. The molecule has 0 aromatic heterocycles. The highest BCUT2D eigenvalue weighted by molar-refractivity contribution is 6.75. The van der Waals surface area contributed by atoms with Gasteiger partial charge in [-0.1, -0.05) is 65.8 Å². The number of benzene rings is 2. The van der Waals surface area contributed by atoms with Gasteiger partial charge in [-0.15, -0.1) is 0 Å². The van der Waals surface area contributed by atoms with Crippen LogP contribution in [0.1, 0.15) is 76.6 Å². The largest absolute Gasteiger partial charge is 0.543 e. The summed E-state index contributed by atoms with van der Waals surface area (Å²) in [6, 6.07) is 13.5. The first kappa shape index (κ1) is 27.0. The molecule has 2 aliphatic carbocycles. The van der Waals surface area contributed by atoms with Crippen LogP contribution in [-0.2, 0) is 12.8 Å². The molecule has 36 heavy (non-hydrogen) atoms. The minimum Gasteiger partial charge on any atom is -0.543 e. The molecule has 0 atom stereocenters. The summed E-state index contributed by atoms with van der Waals surface area (Å²) in [5.74, 6) is 2.08. The van der Waals surface area contributed by atoms with Gasteiger partial charge in [0.15, 0.2) is 0 Å². The lowest BCUT2D eigenvalue weighted by Crippen LogP contribution is -2.43. The van der Waals surface area contributed by atoms with Gasteiger partial charge in [-0.25, -0.2) is 0 Å². The van der Waals surface area contributed by atoms with Crippen LogP contribution >= 0.6 is 0 Å². The molecule has 2 nitrogen and oxygen atoms in total. The Bertz CT molecular complexity index is 1110. The van der Waals surface area contributed by atoms with Crippen molar-refractivity contribution in [2.24, 2.45) is 0 Å². The maximum atomic E-state index is 6.56. The van der Waals surface area contributed by atoms with Gasteiger partial charge < -0.3 is 8.85 Å². The van der Waals surface area contributed by atoms with Gasteiger partial charge in [0, 0.05) is 0 Å². The summed E-state index contributed by atoms with van der Waals surface area (Å²) in [7, 11) is -3.64. The summed E-state index contributed by atoms with van der Waals surface area (Å²) in [6.07, 6.45) is 9.05. The molecule has 0 fully saturated rings. The molecule has 0 heterocycles. The van der Waals surface area contributed by atoms with Crippen LogP contribution in [0.5, 0.6) is 11.5 Å². The number of hydrogen-bond donors (Lipinski definition) is 0. The number of allylic oxidation sites excluding steroid dienone is 4. The van der Waals surface area contributed by atoms with Crippen LogP contribution in [0.4, 0.5) is 0 Å². The first-order valence-electron chi connectivity index (χ1n) is 13.6. The van der Waals surface area contributed by atoms with Crippen molar-refractivity contribution in [3.05, 3.63) is 70.8 Å². The fourth-order valence-electron chi connectivity index (χ4n) is 4.56. The van der Waals surface area contributed by atoms with Crippen LogP contribution in [0.3, 0.4) is 0 Å². The van der Waals surface area contributed by atoms with Crippen molar-refractivity contribution < 1.29 is 8.85 Å². The molecule has 0 amide bonds. The summed E-state index contributed by atoms with van der Waals surface area (Å²) in [5, 5.41) is 0.413. The number of rotatable bonds is 7. The Morgan fingerprint density at radius 3 is 1.31 bits per heavy atom. The molecule has 0 saturated heterocycles. The van der Waals surface area contributed by atoms with E-state index in [1.54, 1.807) is 0 Å². The van der Waals surface area contributed by atoms with Crippen molar-refractivity contribution in [3.8, 4) is 11.5 Å². The highest BCUT2D eigenvalue weighted by Gasteiger charge is 2.40. The van der Waals surface area contributed by atoms with E-state index in [1.165, 1.54) is 33.4 Å². The molecule has 2 aliphatic rings. The first-order valence-corrected chi connectivity index (χ1v) is 19.4. The third-order valence-corrected chi connectivity index (χ3v) is 17.7. The average Bonchev–Trinajstić information content (AvgIpc) is 3.33. The fourth-order valence-corrected chi connectivity index (χ4v) is 6.60. The zero-order valence-electron chi connectivity index (χ0n) is 24.3. The van der Waals surface area contributed by atoms with Gasteiger partial charge in [-0.05, 0) is 120 Å². The Morgan fingerprint density at radius 2 is 0.972 bits per heavy atom. The van der Waals surface area contributed by atoms with Gasteiger partial charge in [0.2, 0.25) is 16.6 Å². The van der Waals surface area contributed by atoms with Gasteiger partial charge in [-0.3, -0.25) is 0 Å². The summed E-state index contributed by atoms with van der Waals surface area (Å²) in [6.45, 7) is 23.1. The molecular formula is C32H46O2Si2. The zero-order valence-corrected chi connectivity index (χ0v) is 26.3. The van der Waals surface area contributed by atoms with Crippen molar-refractivity contribution in [3.63, 3.8) is 0 Å².